The third kappa shape index (κ3) is 3.49. The molecular weight excluding hydrogens is 274 g/mol. The molecule has 21 heavy (non-hydrogen) atoms. The van der Waals surface area contributed by atoms with Crippen molar-refractivity contribution in [1.82, 2.24) is 5.32 Å². The number of fused-ring (bicyclic) bond motifs is 1. The second-order valence-corrected chi connectivity index (χ2v) is 8.30. The van der Waals surface area contributed by atoms with Crippen LogP contribution in [0, 0.1) is 5.92 Å². The molecule has 2 aromatic rings. The van der Waals surface area contributed by atoms with Gasteiger partial charge in [0.15, 0.2) is 0 Å². The SMILES string of the molecule is CC(C)Cc1c(CNC2CC2)sc2ccc(C(C)C)cc12. The molecule has 1 N–H and O–H groups in total. The molecular formula is C19H27NS. The highest BCUT2D eigenvalue weighted by Crippen LogP contribution is 2.35. The first-order valence-corrected chi connectivity index (χ1v) is 9.13. The second kappa shape index (κ2) is 6.10. The van der Waals surface area contributed by atoms with Gasteiger partial charge in [-0.25, -0.2) is 0 Å². The van der Waals surface area contributed by atoms with Gasteiger partial charge >= 0.3 is 0 Å². The largest absolute Gasteiger partial charge is 0.309 e. The molecule has 1 saturated carbocycles. The third-order valence-electron chi connectivity index (χ3n) is 4.31. The summed E-state index contributed by atoms with van der Waals surface area (Å²) in [5.41, 5.74) is 3.06. The van der Waals surface area contributed by atoms with Crippen molar-refractivity contribution in [3.05, 3.63) is 34.2 Å². The first-order valence-electron chi connectivity index (χ1n) is 8.32. The average Bonchev–Trinajstić information content (AvgIpc) is 3.20. The summed E-state index contributed by atoms with van der Waals surface area (Å²) in [6.45, 7) is 10.3. The van der Waals surface area contributed by atoms with E-state index < -0.39 is 0 Å². The predicted octanol–water partition coefficient (Wildman–Crippen LogP) is 5.48. The lowest BCUT2D eigenvalue weighted by Gasteiger charge is -2.10. The van der Waals surface area contributed by atoms with Crippen molar-refractivity contribution < 1.29 is 0 Å². The van der Waals surface area contributed by atoms with E-state index in [4.69, 9.17) is 0 Å². The van der Waals surface area contributed by atoms with Crippen LogP contribution in [-0.4, -0.2) is 6.04 Å². The lowest BCUT2D eigenvalue weighted by atomic mass is 9.96. The van der Waals surface area contributed by atoms with Crippen LogP contribution in [0.15, 0.2) is 18.2 Å². The number of rotatable bonds is 6. The summed E-state index contributed by atoms with van der Waals surface area (Å²) < 4.78 is 1.46. The van der Waals surface area contributed by atoms with Crippen molar-refractivity contribution in [2.45, 2.75) is 65.5 Å². The average molecular weight is 301 g/mol. The van der Waals surface area contributed by atoms with Gasteiger partial charge in [0.25, 0.3) is 0 Å². The Morgan fingerprint density at radius 1 is 1.19 bits per heavy atom. The summed E-state index contributed by atoms with van der Waals surface area (Å²) >= 11 is 1.99. The van der Waals surface area contributed by atoms with Crippen LogP contribution < -0.4 is 5.32 Å². The molecule has 1 nitrogen and oxygen atoms in total. The van der Waals surface area contributed by atoms with E-state index in [9.17, 15) is 0 Å². The first kappa shape index (κ1) is 15.1. The Kier molecular flexibility index (Phi) is 4.37. The molecule has 1 aromatic carbocycles. The molecule has 0 aliphatic heterocycles. The Labute approximate surface area is 132 Å². The van der Waals surface area contributed by atoms with Crippen molar-refractivity contribution in [1.29, 1.82) is 0 Å². The Morgan fingerprint density at radius 2 is 1.95 bits per heavy atom. The van der Waals surface area contributed by atoms with Gasteiger partial charge in [0.2, 0.25) is 0 Å². The summed E-state index contributed by atoms with van der Waals surface area (Å²) in [5.74, 6) is 1.32. The number of hydrogen-bond acceptors (Lipinski definition) is 2. The molecule has 1 aromatic heterocycles. The van der Waals surface area contributed by atoms with E-state index in [-0.39, 0.29) is 0 Å². The molecule has 1 heterocycles. The maximum atomic E-state index is 3.70. The van der Waals surface area contributed by atoms with E-state index in [1.807, 2.05) is 11.3 Å². The van der Waals surface area contributed by atoms with Gasteiger partial charge in [-0.15, -0.1) is 11.3 Å². The molecule has 0 saturated heterocycles. The molecule has 0 unspecified atom stereocenters. The molecule has 0 atom stereocenters. The van der Waals surface area contributed by atoms with Gasteiger partial charge in [-0.1, -0.05) is 33.8 Å². The molecule has 114 valence electrons. The fraction of sp³-hybridized carbons (Fsp3) is 0.579. The molecule has 0 radical (unpaired) electrons. The lowest BCUT2D eigenvalue weighted by molar-refractivity contribution is 0.637. The topological polar surface area (TPSA) is 12.0 Å². The van der Waals surface area contributed by atoms with Crippen LogP contribution in [0.4, 0.5) is 0 Å². The molecule has 1 fully saturated rings. The fourth-order valence-corrected chi connectivity index (χ4v) is 4.04. The Balaban J connectivity index is 1.98. The Morgan fingerprint density at radius 3 is 2.57 bits per heavy atom. The van der Waals surface area contributed by atoms with E-state index in [0.29, 0.717) is 11.8 Å². The van der Waals surface area contributed by atoms with Crippen LogP contribution in [-0.2, 0) is 13.0 Å². The second-order valence-electron chi connectivity index (χ2n) is 7.17. The van der Waals surface area contributed by atoms with Crippen LogP contribution in [0.1, 0.15) is 62.5 Å². The van der Waals surface area contributed by atoms with Crippen LogP contribution in [0.25, 0.3) is 10.1 Å². The molecule has 2 heteroatoms. The van der Waals surface area contributed by atoms with Crippen LogP contribution >= 0.6 is 11.3 Å². The van der Waals surface area contributed by atoms with E-state index in [1.165, 1.54) is 34.9 Å². The zero-order valence-corrected chi connectivity index (χ0v) is 14.5. The zero-order chi connectivity index (χ0) is 15.0. The van der Waals surface area contributed by atoms with Gasteiger partial charge in [-0.2, -0.15) is 0 Å². The molecule has 1 aliphatic rings. The molecule has 0 spiro atoms. The van der Waals surface area contributed by atoms with E-state index in [0.717, 1.165) is 12.6 Å². The zero-order valence-electron chi connectivity index (χ0n) is 13.7. The smallest absolute Gasteiger partial charge is 0.0349 e. The van der Waals surface area contributed by atoms with E-state index in [1.54, 1.807) is 10.4 Å². The normalized spacial score (nSPS) is 15.5. The highest BCUT2D eigenvalue weighted by atomic mass is 32.1. The van der Waals surface area contributed by atoms with Crippen molar-refractivity contribution in [2.24, 2.45) is 5.92 Å². The van der Waals surface area contributed by atoms with E-state index >= 15 is 0 Å². The van der Waals surface area contributed by atoms with Crippen LogP contribution in [0.2, 0.25) is 0 Å². The highest BCUT2D eigenvalue weighted by molar-refractivity contribution is 7.19. The number of hydrogen-bond donors (Lipinski definition) is 1. The van der Waals surface area contributed by atoms with Gasteiger partial charge < -0.3 is 5.32 Å². The number of nitrogens with one attached hydrogen (secondary N) is 1. The van der Waals surface area contributed by atoms with Gasteiger partial charge in [0.05, 0.1) is 0 Å². The monoisotopic (exact) mass is 301 g/mol. The predicted molar refractivity (Wildman–Crippen MR) is 94.3 cm³/mol. The van der Waals surface area contributed by atoms with Crippen molar-refractivity contribution in [3.63, 3.8) is 0 Å². The maximum absolute atomic E-state index is 3.70. The van der Waals surface area contributed by atoms with Gasteiger partial charge in [0, 0.05) is 22.2 Å². The molecule has 3 rings (SSSR count). The first-order chi connectivity index (χ1) is 10.0. The van der Waals surface area contributed by atoms with Crippen molar-refractivity contribution in [3.8, 4) is 0 Å². The minimum Gasteiger partial charge on any atom is -0.309 e. The van der Waals surface area contributed by atoms with Crippen LogP contribution in [0.5, 0.6) is 0 Å². The molecule has 1 aliphatic carbocycles. The third-order valence-corrected chi connectivity index (χ3v) is 5.52. The minimum absolute atomic E-state index is 0.606. The number of thiophene rings is 1. The summed E-state index contributed by atoms with van der Waals surface area (Å²) in [6.07, 6.45) is 3.92. The van der Waals surface area contributed by atoms with Crippen LogP contribution in [0.3, 0.4) is 0 Å². The molecule has 0 bridgehead atoms. The van der Waals surface area contributed by atoms with E-state index in [2.05, 4.69) is 51.2 Å². The summed E-state index contributed by atoms with van der Waals surface area (Å²) in [6, 6.07) is 7.86. The van der Waals surface area contributed by atoms with Crippen molar-refractivity contribution >= 4 is 21.4 Å². The summed E-state index contributed by atoms with van der Waals surface area (Å²) in [4.78, 5) is 1.56. The maximum Gasteiger partial charge on any atom is 0.0349 e. The summed E-state index contributed by atoms with van der Waals surface area (Å²) in [7, 11) is 0. The van der Waals surface area contributed by atoms with Gasteiger partial charge in [-0.05, 0) is 59.7 Å². The quantitative estimate of drug-likeness (QED) is 0.745. The Hall–Kier alpha value is -0.860. The molecule has 0 amide bonds. The Bertz CT molecular complexity index is 620. The minimum atomic E-state index is 0.606. The van der Waals surface area contributed by atoms with Crippen molar-refractivity contribution in [2.75, 3.05) is 0 Å². The lowest BCUT2D eigenvalue weighted by Crippen LogP contribution is -2.15. The van der Waals surface area contributed by atoms with Gasteiger partial charge in [0.1, 0.15) is 0 Å². The summed E-state index contributed by atoms with van der Waals surface area (Å²) in [5, 5.41) is 5.20. The number of benzene rings is 1. The standard InChI is InChI=1S/C19H27NS/c1-12(2)9-16-17-10-14(13(3)4)5-8-18(17)21-19(16)11-20-15-6-7-15/h5,8,10,12-13,15,20H,6-7,9,11H2,1-4H3. The highest BCUT2D eigenvalue weighted by Gasteiger charge is 2.22. The van der Waals surface area contributed by atoms with Gasteiger partial charge in [-0.3, -0.25) is 0 Å². The fourth-order valence-electron chi connectivity index (χ4n) is 2.88.